The zero-order valence-corrected chi connectivity index (χ0v) is 9.74. The summed E-state index contributed by atoms with van der Waals surface area (Å²) in [5.41, 5.74) is 0. The fraction of sp³-hybridized carbons (Fsp3) is 1.00. The SMILES string of the molecule is C1CCC(CNCCNC2CC2)SC1. The van der Waals surface area contributed by atoms with E-state index >= 15 is 0 Å². The Labute approximate surface area is 91.6 Å². The Balaban J connectivity index is 1.41. The molecule has 1 heterocycles. The average molecular weight is 214 g/mol. The van der Waals surface area contributed by atoms with Crippen molar-refractivity contribution >= 4 is 11.8 Å². The van der Waals surface area contributed by atoms with Gasteiger partial charge < -0.3 is 10.6 Å². The maximum atomic E-state index is 3.55. The molecule has 0 radical (unpaired) electrons. The second-order valence-electron chi connectivity index (χ2n) is 4.42. The molecule has 2 N–H and O–H groups in total. The predicted octanol–water partition coefficient (Wildman–Crippen LogP) is 1.61. The number of rotatable bonds is 6. The van der Waals surface area contributed by atoms with E-state index in [2.05, 4.69) is 22.4 Å². The van der Waals surface area contributed by atoms with Crippen LogP contribution in [-0.2, 0) is 0 Å². The smallest absolute Gasteiger partial charge is 0.0172 e. The summed E-state index contributed by atoms with van der Waals surface area (Å²) in [6.45, 7) is 3.52. The van der Waals surface area contributed by atoms with Gasteiger partial charge in [-0.05, 0) is 31.4 Å². The van der Waals surface area contributed by atoms with Crippen molar-refractivity contribution in [3.63, 3.8) is 0 Å². The molecule has 1 saturated heterocycles. The first kappa shape index (κ1) is 10.8. The summed E-state index contributed by atoms with van der Waals surface area (Å²) in [5, 5.41) is 7.97. The Hall–Kier alpha value is 0.270. The molecule has 3 heteroatoms. The number of hydrogen-bond acceptors (Lipinski definition) is 3. The number of hydrogen-bond donors (Lipinski definition) is 2. The molecular formula is C11H22N2S. The molecule has 1 aliphatic carbocycles. The molecule has 0 spiro atoms. The second kappa shape index (κ2) is 5.99. The maximum Gasteiger partial charge on any atom is 0.0172 e. The topological polar surface area (TPSA) is 24.1 Å². The Morgan fingerprint density at radius 1 is 1.07 bits per heavy atom. The van der Waals surface area contributed by atoms with Gasteiger partial charge in [-0.3, -0.25) is 0 Å². The average Bonchev–Trinajstić information content (AvgIpc) is 3.03. The highest BCUT2D eigenvalue weighted by Crippen LogP contribution is 2.24. The predicted molar refractivity (Wildman–Crippen MR) is 64.0 cm³/mol. The summed E-state index contributed by atoms with van der Waals surface area (Å²) in [6.07, 6.45) is 7.11. The van der Waals surface area contributed by atoms with Crippen molar-refractivity contribution in [1.82, 2.24) is 10.6 Å². The Bertz CT molecular complexity index is 153. The normalized spacial score (nSPS) is 27.9. The molecule has 1 unspecified atom stereocenters. The van der Waals surface area contributed by atoms with Crippen LogP contribution in [0.5, 0.6) is 0 Å². The van der Waals surface area contributed by atoms with Gasteiger partial charge in [0.1, 0.15) is 0 Å². The minimum absolute atomic E-state index is 0.862. The van der Waals surface area contributed by atoms with Crippen molar-refractivity contribution < 1.29 is 0 Å². The summed E-state index contributed by atoms with van der Waals surface area (Å²) >= 11 is 2.16. The molecule has 1 saturated carbocycles. The van der Waals surface area contributed by atoms with Crippen molar-refractivity contribution in [1.29, 1.82) is 0 Å². The van der Waals surface area contributed by atoms with Crippen molar-refractivity contribution in [3.05, 3.63) is 0 Å². The minimum Gasteiger partial charge on any atom is -0.314 e. The Kier molecular flexibility index (Phi) is 4.61. The lowest BCUT2D eigenvalue weighted by Crippen LogP contribution is -2.33. The lowest BCUT2D eigenvalue weighted by Gasteiger charge is -2.21. The molecule has 14 heavy (non-hydrogen) atoms. The molecule has 0 amide bonds. The summed E-state index contributed by atoms with van der Waals surface area (Å²) in [5.74, 6) is 1.38. The van der Waals surface area contributed by atoms with E-state index in [0.29, 0.717) is 0 Å². The molecule has 2 nitrogen and oxygen atoms in total. The van der Waals surface area contributed by atoms with Gasteiger partial charge in [0.05, 0.1) is 0 Å². The monoisotopic (exact) mass is 214 g/mol. The Morgan fingerprint density at radius 2 is 2.00 bits per heavy atom. The van der Waals surface area contributed by atoms with Crippen molar-refractivity contribution in [3.8, 4) is 0 Å². The van der Waals surface area contributed by atoms with Gasteiger partial charge in [0.15, 0.2) is 0 Å². The van der Waals surface area contributed by atoms with E-state index in [0.717, 1.165) is 24.4 Å². The summed E-state index contributed by atoms with van der Waals surface area (Å²) in [6, 6.07) is 0.862. The number of nitrogens with one attached hydrogen (secondary N) is 2. The van der Waals surface area contributed by atoms with Gasteiger partial charge in [-0.15, -0.1) is 0 Å². The van der Waals surface area contributed by atoms with Crippen molar-refractivity contribution in [2.24, 2.45) is 0 Å². The van der Waals surface area contributed by atoms with Crippen LogP contribution in [0.3, 0.4) is 0 Å². The van der Waals surface area contributed by atoms with Crippen LogP contribution in [-0.4, -0.2) is 36.7 Å². The summed E-state index contributed by atoms with van der Waals surface area (Å²) in [7, 11) is 0. The molecule has 1 aliphatic heterocycles. The van der Waals surface area contributed by atoms with Gasteiger partial charge in [0, 0.05) is 30.9 Å². The third-order valence-corrected chi connectivity index (χ3v) is 4.36. The molecule has 0 aromatic rings. The van der Waals surface area contributed by atoms with Gasteiger partial charge in [0.2, 0.25) is 0 Å². The first-order valence-corrected chi connectivity index (χ1v) is 7.06. The fourth-order valence-corrected chi connectivity index (χ4v) is 3.16. The van der Waals surface area contributed by atoms with Crippen LogP contribution < -0.4 is 10.6 Å². The van der Waals surface area contributed by atoms with Crippen LogP contribution in [0.1, 0.15) is 32.1 Å². The molecule has 0 bridgehead atoms. The largest absolute Gasteiger partial charge is 0.314 e. The molecule has 1 atom stereocenters. The van der Waals surface area contributed by atoms with Gasteiger partial charge in [0.25, 0.3) is 0 Å². The molecule has 0 aromatic heterocycles. The van der Waals surface area contributed by atoms with Crippen LogP contribution in [0.4, 0.5) is 0 Å². The van der Waals surface area contributed by atoms with E-state index < -0.39 is 0 Å². The zero-order chi connectivity index (χ0) is 9.64. The highest BCUT2D eigenvalue weighted by molar-refractivity contribution is 7.99. The van der Waals surface area contributed by atoms with E-state index in [-0.39, 0.29) is 0 Å². The van der Waals surface area contributed by atoms with Crippen LogP contribution in [0, 0.1) is 0 Å². The summed E-state index contributed by atoms with van der Waals surface area (Å²) < 4.78 is 0. The standard InChI is InChI=1S/C11H22N2S/c1-2-8-14-11(3-1)9-12-6-7-13-10-4-5-10/h10-13H,1-9H2. The molecule has 0 aromatic carbocycles. The van der Waals surface area contributed by atoms with E-state index in [1.54, 1.807) is 0 Å². The van der Waals surface area contributed by atoms with Gasteiger partial charge in [-0.25, -0.2) is 0 Å². The van der Waals surface area contributed by atoms with Crippen LogP contribution >= 0.6 is 11.8 Å². The highest BCUT2D eigenvalue weighted by atomic mass is 32.2. The zero-order valence-electron chi connectivity index (χ0n) is 8.93. The fourth-order valence-electron chi connectivity index (χ4n) is 1.88. The first-order valence-electron chi connectivity index (χ1n) is 6.01. The highest BCUT2D eigenvalue weighted by Gasteiger charge is 2.19. The lowest BCUT2D eigenvalue weighted by atomic mass is 10.2. The summed E-state index contributed by atoms with van der Waals surface area (Å²) in [4.78, 5) is 0. The van der Waals surface area contributed by atoms with Crippen LogP contribution in [0.2, 0.25) is 0 Å². The van der Waals surface area contributed by atoms with Gasteiger partial charge in [-0.1, -0.05) is 6.42 Å². The van der Waals surface area contributed by atoms with Crippen LogP contribution in [0.25, 0.3) is 0 Å². The maximum absolute atomic E-state index is 3.55. The second-order valence-corrected chi connectivity index (χ2v) is 5.83. The molecule has 2 fully saturated rings. The van der Waals surface area contributed by atoms with E-state index in [9.17, 15) is 0 Å². The van der Waals surface area contributed by atoms with Gasteiger partial charge in [-0.2, -0.15) is 11.8 Å². The van der Waals surface area contributed by atoms with Crippen LogP contribution in [0.15, 0.2) is 0 Å². The third-order valence-electron chi connectivity index (χ3n) is 2.96. The quantitative estimate of drug-likeness (QED) is 0.657. The first-order chi connectivity index (χ1) is 6.95. The third kappa shape index (κ3) is 4.20. The van der Waals surface area contributed by atoms with Gasteiger partial charge >= 0.3 is 0 Å². The van der Waals surface area contributed by atoms with E-state index in [4.69, 9.17) is 0 Å². The molecule has 2 aliphatic rings. The Morgan fingerprint density at radius 3 is 2.71 bits per heavy atom. The molecular weight excluding hydrogens is 192 g/mol. The molecule has 2 rings (SSSR count). The van der Waals surface area contributed by atoms with Crippen molar-refractivity contribution in [2.75, 3.05) is 25.4 Å². The lowest BCUT2D eigenvalue weighted by molar-refractivity contribution is 0.572. The molecule has 82 valence electrons. The van der Waals surface area contributed by atoms with E-state index in [1.807, 2.05) is 0 Å². The van der Waals surface area contributed by atoms with Crippen molar-refractivity contribution in [2.45, 2.75) is 43.4 Å². The minimum atomic E-state index is 0.862. The number of thioether (sulfide) groups is 1. The van der Waals surface area contributed by atoms with E-state index in [1.165, 1.54) is 44.4 Å².